The summed E-state index contributed by atoms with van der Waals surface area (Å²) in [5.41, 5.74) is 3.17. The van der Waals surface area contributed by atoms with Crippen molar-refractivity contribution in [3.8, 4) is 28.5 Å². The Balaban J connectivity index is 1.78. The maximum absolute atomic E-state index is 13.5. The summed E-state index contributed by atoms with van der Waals surface area (Å²) in [4.78, 5) is 15.3. The summed E-state index contributed by atoms with van der Waals surface area (Å²) in [5, 5.41) is 17.8. The van der Waals surface area contributed by atoms with Gasteiger partial charge in [-0.05, 0) is 57.0 Å². The second kappa shape index (κ2) is 10.2. The van der Waals surface area contributed by atoms with E-state index in [-0.39, 0.29) is 17.8 Å². The van der Waals surface area contributed by atoms with Gasteiger partial charge in [-0.2, -0.15) is 5.10 Å². The molecule has 0 saturated heterocycles. The van der Waals surface area contributed by atoms with Crippen molar-refractivity contribution in [2.75, 3.05) is 26.9 Å². The zero-order valence-electron chi connectivity index (χ0n) is 20.0. The summed E-state index contributed by atoms with van der Waals surface area (Å²) >= 11 is 0. The summed E-state index contributed by atoms with van der Waals surface area (Å²) in [7, 11) is 1.60. The Hall–Kier alpha value is -3.52. The topological polar surface area (TPSA) is 96.9 Å². The van der Waals surface area contributed by atoms with E-state index in [4.69, 9.17) is 14.2 Å². The number of methoxy groups -OCH3 is 1. The van der Waals surface area contributed by atoms with Crippen LogP contribution in [0.3, 0.4) is 0 Å². The summed E-state index contributed by atoms with van der Waals surface area (Å²) in [6, 6.07) is 12.3. The van der Waals surface area contributed by atoms with Gasteiger partial charge in [0.2, 0.25) is 0 Å². The second-order valence-corrected chi connectivity index (χ2v) is 8.40. The van der Waals surface area contributed by atoms with Crippen LogP contribution in [0.2, 0.25) is 0 Å². The first kappa shape index (κ1) is 23.6. The number of aromatic amines is 1. The first-order valence-corrected chi connectivity index (χ1v) is 11.6. The number of phenolic OH excluding ortho intramolecular Hbond substituents is 1. The van der Waals surface area contributed by atoms with Gasteiger partial charge in [-0.15, -0.1) is 0 Å². The number of ether oxygens (including phenoxy) is 3. The van der Waals surface area contributed by atoms with Crippen LogP contribution in [0.15, 0.2) is 42.5 Å². The number of nitrogens with one attached hydrogen (secondary N) is 1. The molecule has 3 aromatic rings. The predicted molar refractivity (Wildman–Crippen MR) is 128 cm³/mol. The van der Waals surface area contributed by atoms with Crippen LogP contribution in [-0.4, -0.2) is 59.1 Å². The number of hydrogen-bond acceptors (Lipinski definition) is 6. The Kier molecular flexibility index (Phi) is 7.07. The van der Waals surface area contributed by atoms with Crippen molar-refractivity contribution in [1.29, 1.82) is 0 Å². The molecule has 1 atom stereocenters. The Morgan fingerprint density at radius 2 is 1.97 bits per heavy atom. The first-order valence-electron chi connectivity index (χ1n) is 11.6. The van der Waals surface area contributed by atoms with Gasteiger partial charge in [0.15, 0.2) is 11.5 Å². The van der Waals surface area contributed by atoms with Crippen molar-refractivity contribution in [3.63, 3.8) is 0 Å². The zero-order valence-corrected chi connectivity index (χ0v) is 20.0. The maximum Gasteiger partial charge on any atom is 0.273 e. The molecule has 0 aliphatic carbocycles. The van der Waals surface area contributed by atoms with Crippen LogP contribution >= 0.6 is 0 Å². The minimum absolute atomic E-state index is 0.107. The van der Waals surface area contributed by atoms with Crippen molar-refractivity contribution < 1.29 is 24.1 Å². The zero-order chi connectivity index (χ0) is 24.2. The van der Waals surface area contributed by atoms with E-state index in [1.54, 1.807) is 25.3 Å². The number of benzene rings is 2. The maximum atomic E-state index is 13.5. The lowest BCUT2D eigenvalue weighted by Crippen LogP contribution is -2.31. The molecule has 0 unspecified atom stereocenters. The molecule has 2 N–H and O–H groups in total. The molecule has 8 nitrogen and oxygen atoms in total. The number of hydrogen-bond donors (Lipinski definition) is 2. The molecular weight excluding hydrogens is 434 g/mol. The molecule has 1 aliphatic rings. The summed E-state index contributed by atoms with van der Waals surface area (Å²) in [5.74, 6) is 1.21. The lowest BCUT2D eigenvalue weighted by molar-refractivity contribution is 0.0601. The molecule has 0 spiro atoms. The number of aromatic nitrogens is 2. The van der Waals surface area contributed by atoms with Crippen LogP contribution in [-0.2, 0) is 4.74 Å². The molecule has 0 bridgehead atoms. The van der Waals surface area contributed by atoms with E-state index in [1.807, 2.05) is 49.9 Å². The minimum Gasteiger partial charge on any atom is -0.507 e. The smallest absolute Gasteiger partial charge is 0.273 e. The average molecular weight is 466 g/mol. The van der Waals surface area contributed by atoms with E-state index < -0.39 is 6.04 Å². The highest BCUT2D eigenvalue weighted by molar-refractivity contribution is 6.00. The van der Waals surface area contributed by atoms with Gasteiger partial charge in [-0.1, -0.05) is 18.2 Å². The second-order valence-electron chi connectivity index (χ2n) is 8.40. The SMILES string of the molecule is CCOc1ccc([C@H]2c3c(-c4ccccc4O)n[nH]c3C(=O)N2CCCOC(C)C)cc1OC. The lowest BCUT2D eigenvalue weighted by atomic mass is 9.95. The number of nitrogens with zero attached hydrogens (tertiary/aromatic N) is 2. The van der Waals surface area contributed by atoms with Crippen molar-refractivity contribution in [2.24, 2.45) is 0 Å². The normalized spacial score (nSPS) is 15.1. The number of rotatable bonds is 10. The fraction of sp³-hybridized carbons (Fsp3) is 0.385. The van der Waals surface area contributed by atoms with E-state index in [1.165, 1.54) is 0 Å². The third-order valence-electron chi connectivity index (χ3n) is 5.82. The van der Waals surface area contributed by atoms with Crippen LogP contribution in [0, 0.1) is 0 Å². The third-order valence-corrected chi connectivity index (χ3v) is 5.82. The largest absolute Gasteiger partial charge is 0.507 e. The molecule has 1 aromatic heterocycles. The number of fused-ring (bicyclic) bond motifs is 1. The predicted octanol–water partition coefficient (Wildman–Crippen LogP) is 4.55. The van der Waals surface area contributed by atoms with Gasteiger partial charge in [-0.25, -0.2) is 0 Å². The van der Waals surface area contributed by atoms with Crippen LogP contribution in [0.25, 0.3) is 11.3 Å². The van der Waals surface area contributed by atoms with E-state index in [2.05, 4.69) is 10.2 Å². The monoisotopic (exact) mass is 465 g/mol. The molecule has 0 radical (unpaired) electrons. The molecule has 8 heteroatoms. The number of carbonyl (C=O) groups excluding carboxylic acids is 1. The number of carbonyl (C=O) groups is 1. The molecule has 2 heterocycles. The summed E-state index contributed by atoms with van der Waals surface area (Å²) in [6.07, 6.45) is 0.822. The molecule has 1 amide bonds. The molecule has 34 heavy (non-hydrogen) atoms. The number of aromatic hydroxyl groups is 1. The van der Waals surface area contributed by atoms with E-state index in [0.29, 0.717) is 54.6 Å². The van der Waals surface area contributed by atoms with E-state index in [9.17, 15) is 9.90 Å². The van der Waals surface area contributed by atoms with Gasteiger partial charge >= 0.3 is 0 Å². The summed E-state index contributed by atoms with van der Waals surface area (Å²) < 4.78 is 17.0. The standard InChI is InChI=1S/C26H31N3O5/c1-5-33-20-12-11-17(15-21(20)32-4)25-22-23(18-9-6-7-10-19(18)30)27-28-24(22)26(31)29(25)13-8-14-34-16(2)3/h6-7,9-12,15-16,25,30H,5,8,13-14H2,1-4H3,(H,27,28)/t25-/m0/s1. The molecule has 0 fully saturated rings. The van der Waals surface area contributed by atoms with Gasteiger partial charge in [0.1, 0.15) is 17.1 Å². The van der Waals surface area contributed by atoms with Crippen molar-refractivity contribution in [1.82, 2.24) is 15.1 Å². The van der Waals surface area contributed by atoms with Crippen molar-refractivity contribution >= 4 is 5.91 Å². The molecule has 180 valence electrons. The first-order chi connectivity index (χ1) is 16.5. The van der Waals surface area contributed by atoms with Gasteiger partial charge in [0, 0.05) is 24.3 Å². The van der Waals surface area contributed by atoms with Gasteiger partial charge in [0.25, 0.3) is 5.91 Å². The van der Waals surface area contributed by atoms with Crippen LogP contribution < -0.4 is 9.47 Å². The molecule has 0 saturated carbocycles. The number of para-hydroxylation sites is 1. The van der Waals surface area contributed by atoms with Crippen LogP contribution in [0.5, 0.6) is 17.2 Å². The Bertz CT molecular complexity index is 1160. The average Bonchev–Trinajstić information content (AvgIpc) is 3.36. The minimum atomic E-state index is -0.403. The van der Waals surface area contributed by atoms with Crippen LogP contribution in [0.1, 0.15) is 54.8 Å². The van der Waals surface area contributed by atoms with Gasteiger partial charge in [0.05, 0.1) is 25.9 Å². The van der Waals surface area contributed by atoms with Crippen molar-refractivity contribution in [2.45, 2.75) is 39.3 Å². The molecule has 2 aromatic carbocycles. The highest BCUT2D eigenvalue weighted by Crippen LogP contribution is 2.45. The van der Waals surface area contributed by atoms with E-state index in [0.717, 1.165) is 11.1 Å². The molecule has 4 rings (SSSR count). The molecular formula is C26H31N3O5. The Labute approximate surface area is 199 Å². The van der Waals surface area contributed by atoms with E-state index >= 15 is 0 Å². The fourth-order valence-corrected chi connectivity index (χ4v) is 4.34. The quantitative estimate of drug-likeness (QED) is 0.427. The Morgan fingerprint density at radius 1 is 1.18 bits per heavy atom. The van der Waals surface area contributed by atoms with Crippen molar-refractivity contribution in [3.05, 3.63) is 59.3 Å². The lowest BCUT2D eigenvalue weighted by Gasteiger charge is -2.27. The van der Waals surface area contributed by atoms with Crippen LogP contribution in [0.4, 0.5) is 0 Å². The highest BCUT2D eigenvalue weighted by atomic mass is 16.5. The summed E-state index contributed by atoms with van der Waals surface area (Å²) in [6.45, 7) is 7.48. The fourth-order valence-electron chi connectivity index (χ4n) is 4.34. The highest BCUT2D eigenvalue weighted by Gasteiger charge is 2.42. The van der Waals surface area contributed by atoms with Gasteiger partial charge < -0.3 is 24.2 Å². The Morgan fingerprint density at radius 3 is 2.68 bits per heavy atom. The number of H-pyrrole nitrogens is 1. The molecule has 1 aliphatic heterocycles. The third kappa shape index (κ3) is 4.46. The number of amides is 1. The number of phenols is 1. The van der Waals surface area contributed by atoms with Gasteiger partial charge in [-0.3, -0.25) is 9.89 Å².